The van der Waals surface area contributed by atoms with E-state index in [9.17, 15) is 9.59 Å². The van der Waals surface area contributed by atoms with Crippen LogP contribution in [0, 0.1) is 11.3 Å². The van der Waals surface area contributed by atoms with E-state index in [1.807, 2.05) is 30.3 Å². The van der Waals surface area contributed by atoms with E-state index in [0.29, 0.717) is 24.7 Å². The lowest BCUT2D eigenvalue weighted by atomic mass is 9.89. The molecule has 2 amide bonds. The smallest absolute Gasteiger partial charge is 0.257 e. The number of nitrogens with one attached hydrogen (secondary N) is 1. The van der Waals surface area contributed by atoms with Gasteiger partial charge in [0.15, 0.2) is 0 Å². The van der Waals surface area contributed by atoms with Gasteiger partial charge in [0.25, 0.3) is 5.91 Å². The van der Waals surface area contributed by atoms with Crippen molar-refractivity contribution >= 4 is 29.1 Å². The van der Waals surface area contributed by atoms with Crippen molar-refractivity contribution < 1.29 is 9.59 Å². The number of benzene rings is 2. The van der Waals surface area contributed by atoms with Gasteiger partial charge in [-0.2, -0.15) is 5.26 Å². The van der Waals surface area contributed by atoms with Crippen molar-refractivity contribution in [3.05, 3.63) is 76.8 Å². The van der Waals surface area contributed by atoms with Crippen molar-refractivity contribution in [2.75, 3.05) is 18.4 Å². The Labute approximate surface area is 169 Å². The quantitative estimate of drug-likeness (QED) is 0.784. The minimum Gasteiger partial charge on any atom is -0.339 e. The Hall–Kier alpha value is -3.10. The van der Waals surface area contributed by atoms with E-state index in [-0.39, 0.29) is 28.0 Å². The first kappa shape index (κ1) is 19.7. The van der Waals surface area contributed by atoms with Gasteiger partial charge in [-0.3, -0.25) is 9.59 Å². The van der Waals surface area contributed by atoms with Crippen molar-refractivity contribution in [1.29, 1.82) is 5.26 Å². The Bertz CT molecular complexity index is 956. The summed E-state index contributed by atoms with van der Waals surface area (Å²) < 4.78 is 0. The molecule has 1 aliphatic heterocycles. The van der Waals surface area contributed by atoms with E-state index in [4.69, 9.17) is 16.9 Å². The SMILES string of the molecule is C=CC(=O)N1CCC(c2cccc(NC(=O)c3cccc(C#N)c3Cl)c2)CC1. The number of likely N-dealkylation sites (tertiary alicyclic amines) is 1. The maximum absolute atomic E-state index is 12.6. The largest absolute Gasteiger partial charge is 0.339 e. The average Bonchev–Trinajstić information content (AvgIpc) is 2.73. The van der Waals surface area contributed by atoms with Crippen LogP contribution in [0.5, 0.6) is 0 Å². The van der Waals surface area contributed by atoms with Gasteiger partial charge in [0.1, 0.15) is 6.07 Å². The molecule has 0 atom stereocenters. The lowest BCUT2D eigenvalue weighted by Gasteiger charge is -2.31. The number of carbonyl (C=O) groups excluding carboxylic acids is 2. The summed E-state index contributed by atoms with van der Waals surface area (Å²) in [5, 5.41) is 12.1. The summed E-state index contributed by atoms with van der Waals surface area (Å²) in [6.07, 6.45) is 3.09. The zero-order valence-electron chi connectivity index (χ0n) is 15.3. The number of anilines is 1. The van der Waals surface area contributed by atoms with Crippen LogP contribution in [0.25, 0.3) is 0 Å². The predicted octanol–water partition coefficient (Wildman–Crippen LogP) is 4.36. The van der Waals surface area contributed by atoms with E-state index in [0.717, 1.165) is 18.4 Å². The molecule has 0 radical (unpaired) electrons. The number of carbonyl (C=O) groups is 2. The van der Waals surface area contributed by atoms with Crippen molar-refractivity contribution in [2.24, 2.45) is 0 Å². The van der Waals surface area contributed by atoms with Crippen molar-refractivity contribution in [1.82, 2.24) is 4.90 Å². The molecule has 0 spiro atoms. The van der Waals surface area contributed by atoms with Crippen molar-refractivity contribution in [3.63, 3.8) is 0 Å². The molecule has 1 heterocycles. The van der Waals surface area contributed by atoms with Crippen LogP contribution >= 0.6 is 11.6 Å². The number of halogens is 1. The van der Waals surface area contributed by atoms with Crippen LogP contribution in [0.2, 0.25) is 5.02 Å². The third kappa shape index (κ3) is 4.24. The third-order valence-electron chi connectivity index (χ3n) is 4.96. The zero-order valence-corrected chi connectivity index (χ0v) is 16.1. The summed E-state index contributed by atoms with van der Waals surface area (Å²) in [6, 6.07) is 14.5. The first-order valence-corrected chi connectivity index (χ1v) is 9.42. The molecule has 0 bridgehead atoms. The van der Waals surface area contributed by atoms with Crippen LogP contribution in [0.1, 0.15) is 40.2 Å². The van der Waals surface area contributed by atoms with Gasteiger partial charge in [0, 0.05) is 18.8 Å². The van der Waals surface area contributed by atoms with E-state index < -0.39 is 0 Å². The molecule has 1 saturated heterocycles. The normalized spacial score (nSPS) is 14.2. The molecule has 0 saturated carbocycles. The van der Waals surface area contributed by atoms with Gasteiger partial charge in [0.05, 0.1) is 16.1 Å². The van der Waals surface area contributed by atoms with Crippen LogP contribution in [0.3, 0.4) is 0 Å². The van der Waals surface area contributed by atoms with E-state index in [1.54, 1.807) is 23.1 Å². The molecule has 142 valence electrons. The first-order valence-electron chi connectivity index (χ1n) is 9.04. The second-order valence-electron chi connectivity index (χ2n) is 6.66. The molecule has 0 aromatic heterocycles. The first-order chi connectivity index (χ1) is 13.5. The molecule has 28 heavy (non-hydrogen) atoms. The number of rotatable bonds is 4. The summed E-state index contributed by atoms with van der Waals surface area (Å²) >= 11 is 6.15. The molecule has 0 unspecified atom stereocenters. The van der Waals surface area contributed by atoms with Crippen LogP contribution < -0.4 is 5.32 Å². The lowest BCUT2D eigenvalue weighted by Crippen LogP contribution is -2.36. The molecular formula is C22H20ClN3O2. The molecule has 3 rings (SSSR count). The standard InChI is InChI=1S/C22H20ClN3O2/c1-2-20(27)26-11-9-15(10-12-26)16-5-3-7-18(13-16)25-22(28)19-8-4-6-17(14-24)21(19)23/h2-8,13,15H,1,9-12H2,(H,25,28). The Morgan fingerprint density at radius 3 is 2.61 bits per heavy atom. The number of piperidine rings is 1. The van der Waals surface area contributed by atoms with Crippen molar-refractivity contribution in [2.45, 2.75) is 18.8 Å². The number of nitriles is 1. The molecule has 0 aliphatic carbocycles. The Balaban J connectivity index is 1.71. The van der Waals surface area contributed by atoms with Gasteiger partial charge >= 0.3 is 0 Å². The fourth-order valence-corrected chi connectivity index (χ4v) is 3.68. The van der Waals surface area contributed by atoms with Gasteiger partial charge < -0.3 is 10.2 Å². The number of hydrogen-bond acceptors (Lipinski definition) is 3. The summed E-state index contributed by atoms with van der Waals surface area (Å²) in [7, 11) is 0. The summed E-state index contributed by atoms with van der Waals surface area (Å²) in [5.41, 5.74) is 2.33. The Morgan fingerprint density at radius 1 is 1.21 bits per heavy atom. The van der Waals surface area contributed by atoms with Crippen LogP contribution in [0.15, 0.2) is 55.1 Å². The fraction of sp³-hybridized carbons (Fsp3) is 0.227. The number of amides is 2. The van der Waals surface area contributed by atoms with Crippen LogP contribution in [0.4, 0.5) is 5.69 Å². The van der Waals surface area contributed by atoms with Gasteiger partial charge in [-0.25, -0.2) is 0 Å². The summed E-state index contributed by atoms with van der Waals surface area (Å²) in [6.45, 7) is 4.93. The minimum atomic E-state index is -0.356. The number of nitrogens with zero attached hydrogens (tertiary/aromatic N) is 2. The topological polar surface area (TPSA) is 73.2 Å². The lowest BCUT2D eigenvalue weighted by molar-refractivity contribution is -0.127. The average molecular weight is 394 g/mol. The molecular weight excluding hydrogens is 374 g/mol. The molecule has 5 nitrogen and oxygen atoms in total. The Kier molecular flexibility index (Phi) is 6.13. The van der Waals surface area contributed by atoms with Crippen LogP contribution in [-0.4, -0.2) is 29.8 Å². The third-order valence-corrected chi connectivity index (χ3v) is 5.37. The highest BCUT2D eigenvalue weighted by atomic mass is 35.5. The second-order valence-corrected chi connectivity index (χ2v) is 7.04. The highest BCUT2D eigenvalue weighted by Gasteiger charge is 2.23. The second kappa shape index (κ2) is 8.73. The van der Waals surface area contributed by atoms with Gasteiger partial charge in [-0.1, -0.05) is 36.4 Å². The maximum atomic E-state index is 12.6. The fourth-order valence-electron chi connectivity index (χ4n) is 3.42. The number of hydrogen-bond donors (Lipinski definition) is 1. The highest BCUT2D eigenvalue weighted by Crippen LogP contribution is 2.30. The monoisotopic (exact) mass is 393 g/mol. The molecule has 1 aliphatic rings. The maximum Gasteiger partial charge on any atom is 0.257 e. The molecule has 2 aromatic rings. The summed E-state index contributed by atoms with van der Waals surface area (Å²) in [5.74, 6) is -0.0576. The molecule has 6 heteroatoms. The molecule has 1 N–H and O–H groups in total. The van der Waals surface area contributed by atoms with Gasteiger partial charge in [0.2, 0.25) is 5.91 Å². The van der Waals surface area contributed by atoms with E-state index in [1.165, 1.54) is 6.08 Å². The summed E-state index contributed by atoms with van der Waals surface area (Å²) in [4.78, 5) is 26.1. The van der Waals surface area contributed by atoms with Crippen LogP contribution in [-0.2, 0) is 4.79 Å². The van der Waals surface area contributed by atoms with E-state index in [2.05, 4.69) is 11.9 Å². The Morgan fingerprint density at radius 2 is 1.93 bits per heavy atom. The highest BCUT2D eigenvalue weighted by molar-refractivity contribution is 6.35. The zero-order chi connectivity index (χ0) is 20.1. The molecule has 1 fully saturated rings. The minimum absolute atomic E-state index is 0.0315. The molecule has 2 aromatic carbocycles. The predicted molar refractivity (Wildman–Crippen MR) is 109 cm³/mol. The van der Waals surface area contributed by atoms with E-state index >= 15 is 0 Å². The van der Waals surface area contributed by atoms with Gasteiger partial charge in [-0.05, 0) is 54.7 Å². The van der Waals surface area contributed by atoms with Crippen molar-refractivity contribution in [3.8, 4) is 6.07 Å². The van der Waals surface area contributed by atoms with Gasteiger partial charge in [-0.15, -0.1) is 0 Å².